The Morgan fingerprint density at radius 2 is 1.91 bits per heavy atom. The summed E-state index contributed by atoms with van der Waals surface area (Å²) in [7, 11) is -2.41. The van der Waals surface area contributed by atoms with E-state index in [1.807, 2.05) is 0 Å². The number of carbonyl (C=O) groups excluding carboxylic acids is 1. The van der Waals surface area contributed by atoms with Gasteiger partial charge in [-0.1, -0.05) is 18.2 Å². The number of rotatable bonds is 4. The molecule has 2 N–H and O–H groups in total. The maximum absolute atomic E-state index is 12.3. The lowest BCUT2D eigenvalue weighted by Crippen LogP contribution is -2.12. The number of hydrogen-bond acceptors (Lipinski definition) is 5. The molecule has 0 saturated carbocycles. The molecule has 0 atom stereocenters. The first-order valence-corrected chi connectivity index (χ1v) is 8.14. The second-order valence-corrected chi connectivity index (χ2v) is 6.41. The van der Waals surface area contributed by atoms with Gasteiger partial charge in [0, 0.05) is 0 Å². The Morgan fingerprint density at radius 3 is 2.61 bits per heavy atom. The van der Waals surface area contributed by atoms with Crippen molar-refractivity contribution in [3.63, 3.8) is 0 Å². The second-order valence-electron chi connectivity index (χ2n) is 4.73. The number of ether oxygens (including phenoxy) is 1. The molecule has 2 aromatic carbocycles. The predicted molar refractivity (Wildman–Crippen MR) is 84.7 cm³/mol. The highest BCUT2D eigenvalue weighted by atomic mass is 32.2. The van der Waals surface area contributed by atoms with Crippen LogP contribution in [0.15, 0.2) is 53.4 Å². The molecule has 3 aromatic rings. The van der Waals surface area contributed by atoms with E-state index in [4.69, 9.17) is 0 Å². The van der Waals surface area contributed by atoms with E-state index in [2.05, 4.69) is 19.4 Å². The van der Waals surface area contributed by atoms with Gasteiger partial charge in [-0.25, -0.2) is 18.2 Å². The quantitative estimate of drug-likeness (QED) is 0.713. The molecule has 1 aromatic heterocycles. The van der Waals surface area contributed by atoms with Crippen LogP contribution in [0.1, 0.15) is 10.6 Å². The lowest BCUT2D eigenvalue weighted by atomic mass is 10.3. The zero-order valence-electron chi connectivity index (χ0n) is 12.1. The molecule has 0 aliphatic heterocycles. The standard InChI is InChI=1S/C15H13N3O4S/c1-22-15(19)14-16-12-8-7-10(9-13(12)17-14)18-23(20,21)11-5-3-2-4-6-11/h2-9,18H,1H3,(H,16,17). The van der Waals surface area contributed by atoms with E-state index in [0.29, 0.717) is 16.7 Å². The minimum atomic E-state index is -3.67. The van der Waals surface area contributed by atoms with Crippen LogP contribution in [0.2, 0.25) is 0 Å². The molecular weight excluding hydrogens is 318 g/mol. The molecule has 0 unspecified atom stereocenters. The van der Waals surface area contributed by atoms with Gasteiger partial charge in [-0.2, -0.15) is 0 Å². The van der Waals surface area contributed by atoms with Gasteiger partial charge in [0.25, 0.3) is 10.0 Å². The van der Waals surface area contributed by atoms with Crippen molar-refractivity contribution in [2.75, 3.05) is 11.8 Å². The van der Waals surface area contributed by atoms with Crippen molar-refractivity contribution in [2.45, 2.75) is 4.90 Å². The molecule has 3 rings (SSSR count). The maximum atomic E-state index is 12.3. The van der Waals surface area contributed by atoms with E-state index >= 15 is 0 Å². The van der Waals surface area contributed by atoms with Gasteiger partial charge in [0.05, 0.1) is 28.7 Å². The van der Waals surface area contributed by atoms with Crippen LogP contribution in [-0.2, 0) is 14.8 Å². The average molecular weight is 331 g/mol. The van der Waals surface area contributed by atoms with Crippen molar-refractivity contribution in [2.24, 2.45) is 0 Å². The van der Waals surface area contributed by atoms with Gasteiger partial charge in [0.15, 0.2) is 0 Å². The first-order chi connectivity index (χ1) is 11.0. The van der Waals surface area contributed by atoms with Gasteiger partial charge < -0.3 is 9.72 Å². The van der Waals surface area contributed by atoms with Crippen molar-refractivity contribution in [1.82, 2.24) is 9.97 Å². The molecule has 0 amide bonds. The molecular formula is C15H13N3O4S. The summed E-state index contributed by atoms with van der Waals surface area (Å²) in [5.74, 6) is -0.529. The van der Waals surface area contributed by atoms with Crippen molar-refractivity contribution < 1.29 is 17.9 Å². The fraction of sp³-hybridized carbons (Fsp3) is 0.0667. The Labute approximate surface area is 132 Å². The first kappa shape index (κ1) is 15.0. The largest absolute Gasteiger partial charge is 0.463 e. The third-order valence-corrected chi connectivity index (χ3v) is 4.56. The minimum Gasteiger partial charge on any atom is -0.463 e. The third kappa shape index (κ3) is 3.02. The van der Waals surface area contributed by atoms with E-state index in [1.165, 1.54) is 19.2 Å². The normalized spacial score (nSPS) is 11.3. The molecule has 0 spiro atoms. The Bertz CT molecular complexity index is 965. The van der Waals surface area contributed by atoms with Crippen molar-refractivity contribution >= 4 is 32.7 Å². The lowest BCUT2D eigenvalue weighted by molar-refractivity contribution is 0.0588. The molecule has 0 fully saturated rings. The van der Waals surface area contributed by atoms with Crippen LogP contribution in [0.25, 0.3) is 11.0 Å². The highest BCUT2D eigenvalue weighted by Crippen LogP contribution is 2.20. The zero-order valence-corrected chi connectivity index (χ0v) is 12.9. The number of H-pyrrole nitrogens is 1. The number of esters is 1. The van der Waals surface area contributed by atoms with Gasteiger partial charge in [0.1, 0.15) is 0 Å². The van der Waals surface area contributed by atoms with E-state index in [1.54, 1.807) is 36.4 Å². The SMILES string of the molecule is COC(=O)c1nc2ccc(NS(=O)(=O)c3ccccc3)cc2[nH]1. The number of hydrogen-bond donors (Lipinski definition) is 2. The summed E-state index contributed by atoms with van der Waals surface area (Å²) in [5, 5.41) is 0. The molecule has 7 nitrogen and oxygen atoms in total. The Kier molecular flexibility index (Phi) is 3.75. The summed E-state index contributed by atoms with van der Waals surface area (Å²) in [5.41, 5.74) is 1.42. The first-order valence-electron chi connectivity index (χ1n) is 6.65. The van der Waals surface area contributed by atoms with Crippen LogP contribution in [0.3, 0.4) is 0 Å². The van der Waals surface area contributed by atoms with E-state index in [9.17, 15) is 13.2 Å². The van der Waals surface area contributed by atoms with Crippen LogP contribution in [-0.4, -0.2) is 31.5 Å². The predicted octanol–water partition coefficient (Wildman–Crippen LogP) is 2.15. The summed E-state index contributed by atoms with van der Waals surface area (Å²) < 4.78 is 31.7. The van der Waals surface area contributed by atoms with Crippen molar-refractivity contribution in [3.05, 3.63) is 54.4 Å². The van der Waals surface area contributed by atoms with Gasteiger partial charge in [0.2, 0.25) is 5.82 Å². The van der Waals surface area contributed by atoms with E-state index in [-0.39, 0.29) is 10.7 Å². The molecule has 0 radical (unpaired) electrons. The smallest absolute Gasteiger partial charge is 0.374 e. The molecule has 8 heteroatoms. The summed E-state index contributed by atoms with van der Waals surface area (Å²) >= 11 is 0. The molecule has 0 aliphatic carbocycles. The highest BCUT2D eigenvalue weighted by molar-refractivity contribution is 7.92. The number of methoxy groups -OCH3 is 1. The molecule has 0 saturated heterocycles. The molecule has 0 aliphatic rings. The topological polar surface area (TPSA) is 101 Å². The van der Waals surface area contributed by atoms with Gasteiger partial charge >= 0.3 is 5.97 Å². The second kappa shape index (κ2) is 5.73. The lowest BCUT2D eigenvalue weighted by Gasteiger charge is -2.07. The highest BCUT2D eigenvalue weighted by Gasteiger charge is 2.15. The van der Waals surface area contributed by atoms with Crippen molar-refractivity contribution in [1.29, 1.82) is 0 Å². The van der Waals surface area contributed by atoms with Crippen LogP contribution in [0.4, 0.5) is 5.69 Å². The minimum absolute atomic E-state index is 0.0607. The number of benzene rings is 2. The summed E-state index contributed by atoms with van der Waals surface area (Å²) in [4.78, 5) is 18.5. The Balaban J connectivity index is 1.93. The number of carbonyl (C=O) groups is 1. The average Bonchev–Trinajstić information content (AvgIpc) is 2.98. The number of sulfonamides is 1. The van der Waals surface area contributed by atoms with Gasteiger partial charge in [-0.15, -0.1) is 0 Å². The number of fused-ring (bicyclic) bond motifs is 1. The summed E-state index contributed by atoms with van der Waals surface area (Å²) in [6, 6.07) is 12.8. The Hall–Kier alpha value is -2.87. The van der Waals surface area contributed by atoms with Crippen LogP contribution in [0, 0.1) is 0 Å². The van der Waals surface area contributed by atoms with Crippen molar-refractivity contribution in [3.8, 4) is 0 Å². The van der Waals surface area contributed by atoms with E-state index in [0.717, 1.165) is 0 Å². The fourth-order valence-electron chi connectivity index (χ4n) is 2.08. The summed E-state index contributed by atoms with van der Waals surface area (Å²) in [6.07, 6.45) is 0. The number of nitrogens with one attached hydrogen (secondary N) is 2. The zero-order chi connectivity index (χ0) is 16.4. The third-order valence-electron chi connectivity index (χ3n) is 3.17. The van der Waals surface area contributed by atoms with Gasteiger partial charge in [-0.3, -0.25) is 4.72 Å². The Morgan fingerprint density at radius 1 is 1.17 bits per heavy atom. The fourth-order valence-corrected chi connectivity index (χ4v) is 3.15. The van der Waals surface area contributed by atoms with Crippen LogP contribution in [0.5, 0.6) is 0 Å². The molecule has 23 heavy (non-hydrogen) atoms. The van der Waals surface area contributed by atoms with Crippen LogP contribution < -0.4 is 4.72 Å². The maximum Gasteiger partial charge on any atom is 0.374 e. The number of aromatic amines is 1. The number of nitrogens with zero attached hydrogens (tertiary/aromatic N) is 1. The molecule has 118 valence electrons. The van der Waals surface area contributed by atoms with Crippen LogP contribution >= 0.6 is 0 Å². The number of imidazole rings is 1. The van der Waals surface area contributed by atoms with E-state index < -0.39 is 16.0 Å². The molecule has 1 heterocycles. The number of aromatic nitrogens is 2. The van der Waals surface area contributed by atoms with Gasteiger partial charge in [-0.05, 0) is 30.3 Å². The summed E-state index contributed by atoms with van der Waals surface area (Å²) in [6.45, 7) is 0. The molecule has 0 bridgehead atoms. The number of anilines is 1. The monoisotopic (exact) mass is 331 g/mol.